The summed E-state index contributed by atoms with van der Waals surface area (Å²) in [6.07, 6.45) is 0.304. The summed E-state index contributed by atoms with van der Waals surface area (Å²) in [6, 6.07) is 16.6. The van der Waals surface area contributed by atoms with Gasteiger partial charge in [-0.25, -0.2) is 8.42 Å². The van der Waals surface area contributed by atoms with Crippen LogP contribution in [0.25, 0.3) is 0 Å². The summed E-state index contributed by atoms with van der Waals surface area (Å²) in [4.78, 5) is 28.0. The van der Waals surface area contributed by atoms with E-state index in [1.807, 2.05) is 6.92 Å². The number of carbonyl (C=O) groups excluding carboxylic acids is 2. The second kappa shape index (κ2) is 12.8. The maximum Gasteiger partial charge on any atom is 0.264 e. The van der Waals surface area contributed by atoms with E-state index in [0.29, 0.717) is 27.1 Å². The first-order valence-electron chi connectivity index (χ1n) is 11.8. The molecule has 0 saturated heterocycles. The lowest BCUT2D eigenvalue weighted by atomic mass is 10.1. The summed E-state index contributed by atoms with van der Waals surface area (Å²) >= 11 is 18.3. The first kappa shape index (κ1) is 29.8. The number of hydrogen-bond donors (Lipinski definition) is 1. The van der Waals surface area contributed by atoms with Gasteiger partial charge in [-0.15, -0.1) is 0 Å². The molecule has 202 valence electrons. The largest absolute Gasteiger partial charge is 0.357 e. The molecule has 11 heteroatoms. The van der Waals surface area contributed by atoms with Gasteiger partial charge >= 0.3 is 0 Å². The van der Waals surface area contributed by atoms with Crippen LogP contribution >= 0.6 is 34.8 Å². The monoisotopic (exact) mass is 595 g/mol. The summed E-state index contributed by atoms with van der Waals surface area (Å²) in [5, 5.41) is 3.65. The van der Waals surface area contributed by atoms with Crippen molar-refractivity contribution < 1.29 is 18.0 Å². The zero-order chi connectivity index (χ0) is 28.0. The molecule has 0 aliphatic carbocycles. The number of nitrogens with one attached hydrogen (secondary N) is 1. The number of amides is 2. The molecule has 3 aromatic rings. The summed E-state index contributed by atoms with van der Waals surface area (Å²) in [5.41, 5.74) is 1.78. The first-order valence-corrected chi connectivity index (χ1v) is 14.3. The molecule has 0 aliphatic heterocycles. The molecular formula is C27H28Cl3N3O4S. The summed E-state index contributed by atoms with van der Waals surface area (Å²) in [6.45, 7) is 3.09. The van der Waals surface area contributed by atoms with Crippen LogP contribution in [0.15, 0.2) is 71.6 Å². The third-order valence-corrected chi connectivity index (χ3v) is 8.75. The molecule has 0 aromatic heterocycles. The van der Waals surface area contributed by atoms with Gasteiger partial charge in [0.2, 0.25) is 11.8 Å². The Morgan fingerprint density at radius 3 is 2.11 bits per heavy atom. The fourth-order valence-corrected chi connectivity index (χ4v) is 5.76. The fourth-order valence-electron chi connectivity index (χ4n) is 3.89. The molecular weight excluding hydrogens is 569 g/mol. The highest BCUT2D eigenvalue weighted by atomic mass is 35.5. The number of hydrogen-bond acceptors (Lipinski definition) is 4. The summed E-state index contributed by atoms with van der Waals surface area (Å²) < 4.78 is 28.6. The van der Waals surface area contributed by atoms with Crippen LogP contribution < -0.4 is 9.62 Å². The first-order chi connectivity index (χ1) is 18.0. The summed E-state index contributed by atoms with van der Waals surface area (Å²) in [7, 11) is -2.67. The van der Waals surface area contributed by atoms with Gasteiger partial charge in [0, 0.05) is 18.6 Å². The van der Waals surface area contributed by atoms with E-state index < -0.39 is 28.5 Å². The number of sulfonamides is 1. The lowest BCUT2D eigenvalue weighted by Gasteiger charge is -2.33. The van der Waals surface area contributed by atoms with Gasteiger partial charge in [-0.3, -0.25) is 13.9 Å². The van der Waals surface area contributed by atoms with E-state index in [-0.39, 0.29) is 23.0 Å². The Morgan fingerprint density at radius 2 is 1.55 bits per heavy atom. The Kier molecular flexibility index (Phi) is 10.1. The van der Waals surface area contributed by atoms with E-state index in [1.165, 1.54) is 36.2 Å². The SMILES string of the molecule is CC[C@H](C(=O)NC)N(Cc1ccc(Cl)c(Cl)c1)C(=O)CN(c1ccc(Cl)cc1)S(=O)(=O)c1ccc(C)cc1. The molecule has 0 bridgehead atoms. The third kappa shape index (κ3) is 6.99. The molecule has 0 heterocycles. The van der Waals surface area contributed by atoms with Crippen LogP contribution in [0.5, 0.6) is 0 Å². The third-order valence-electron chi connectivity index (χ3n) is 5.97. The van der Waals surface area contributed by atoms with Crippen LogP contribution in [0.4, 0.5) is 5.69 Å². The van der Waals surface area contributed by atoms with Gasteiger partial charge in [-0.1, -0.05) is 65.5 Å². The normalized spacial score (nSPS) is 12.1. The van der Waals surface area contributed by atoms with Gasteiger partial charge in [0.25, 0.3) is 10.0 Å². The lowest BCUT2D eigenvalue weighted by Crippen LogP contribution is -2.51. The highest BCUT2D eigenvalue weighted by Crippen LogP contribution is 2.27. The molecule has 1 N–H and O–H groups in total. The molecule has 0 unspecified atom stereocenters. The number of anilines is 1. The summed E-state index contributed by atoms with van der Waals surface area (Å²) in [5.74, 6) is -0.947. The van der Waals surface area contributed by atoms with Crippen molar-refractivity contribution in [1.82, 2.24) is 10.2 Å². The lowest BCUT2D eigenvalue weighted by molar-refractivity contribution is -0.140. The van der Waals surface area contributed by atoms with Gasteiger partial charge in [0.1, 0.15) is 12.6 Å². The van der Waals surface area contributed by atoms with Gasteiger partial charge < -0.3 is 10.2 Å². The standard InChI is InChI=1S/C27H28Cl3N3O4S/c1-4-25(27(35)31-3)32(16-19-7-14-23(29)24(30)15-19)26(34)17-33(21-10-8-20(28)9-11-21)38(36,37)22-12-5-18(2)6-13-22/h5-15,25H,4,16-17H2,1-3H3,(H,31,35)/t25-/m1/s1. The Morgan fingerprint density at radius 1 is 0.921 bits per heavy atom. The quantitative estimate of drug-likeness (QED) is 0.325. The van der Waals surface area contributed by atoms with Crippen molar-refractivity contribution >= 4 is 62.3 Å². The zero-order valence-corrected chi connectivity index (χ0v) is 24.2. The van der Waals surface area contributed by atoms with Crippen LogP contribution in [0.3, 0.4) is 0 Å². The highest BCUT2D eigenvalue weighted by Gasteiger charge is 2.33. The molecule has 7 nitrogen and oxygen atoms in total. The molecule has 3 aromatic carbocycles. The van der Waals surface area contributed by atoms with Gasteiger partial charge in [-0.2, -0.15) is 0 Å². The number of aryl methyl sites for hydroxylation is 1. The van der Waals surface area contributed by atoms with Crippen molar-refractivity contribution in [2.45, 2.75) is 37.8 Å². The molecule has 3 rings (SSSR count). The van der Waals surface area contributed by atoms with Crippen molar-refractivity contribution in [3.8, 4) is 0 Å². The molecule has 0 aliphatic rings. The number of likely N-dealkylation sites (N-methyl/N-ethyl adjacent to an activating group) is 1. The van der Waals surface area contributed by atoms with Crippen molar-refractivity contribution in [3.63, 3.8) is 0 Å². The van der Waals surface area contributed by atoms with Crippen molar-refractivity contribution in [2.75, 3.05) is 17.9 Å². The second-order valence-electron chi connectivity index (χ2n) is 8.61. The fraction of sp³-hybridized carbons (Fsp3) is 0.259. The topological polar surface area (TPSA) is 86.8 Å². The molecule has 0 spiro atoms. The minimum atomic E-state index is -4.15. The van der Waals surface area contributed by atoms with Crippen LogP contribution in [-0.2, 0) is 26.2 Å². The van der Waals surface area contributed by atoms with E-state index in [2.05, 4.69) is 5.32 Å². The average molecular weight is 597 g/mol. The zero-order valence-electron chi connectivity index (χ0n) is 21.1. The van der Waals surface area contributed by atoms with Crippen LogP contribution in [0, 0.1) is 6.92 Å². The maximum absolute atomic E-state index is 13.9. The second-order valence-corrected chi connectivity index (χ2v) is 11.7. The van der Waals surface area contributed by atoms with Gasteiger partial charge in [0.15, 0.2) is 0 Å². The van der Waals surface area contributed by atoms with Crippen LogP contribution in [-0.4, -0.2) is 44.8 Å². The number of rotatable bonds is 10. The number of halogens is 3. The van der Waals surface area contributed by atoms with E-state index in [4.69, 9.17) is 34.8 Å². The Hall–Kier alpha value is -2.78. The van der Waals surface area contributed by atoms with E-state index in [0.717, 1.165) is 9.87 Å². The molecule has 0 radical (unpaired) electrons. The minimum absolute atomic E-state index is 0.0146. The Bertz CT molecular complexity index is 1400. The van der Waals surface area contributed by atoms with Gasteiger partial charge in [-0.05, 0) is 67.4 Å². The smallest absolute Gasteiger partial charge is 0.264 e. The predicted octanol–water partition coefficient (Wildman–Crippen LogP) is 5.70. The molecule has 1 atom stereocenters. The molecule has 0 saturated carbocycles. The van der Waals surface area contributed by atoms with Gasteiger partial charge in [0.05, 0.1) is 20.6 Å². The van der Waals surface area contributed by atoms with Crippen LogP contribution in [0.2, 0.25) is 15.1 Å². The van der Waals surface area contributed by atoms with Crippen LogP contribution in [0.1, 0.15) is 24.5 Å². The Labute approximate surface area is 238 Å². The van der Waals surface area contributed by atoms with E-state index >= 15 is 0 Å². The molecule has 38 heavy (non-hydrogen) atoms. The number of carbonyl (C=O) groups is 2. The molecule has 0 fully saturated rings. The minimum Gasteiger partial charge on any atom is -0.357 e. The Balaban J connectivity index is 2.06. The van der Waals surface area contributed by atoms with E-state index in [9.17, 15) is 18.0 Å². The van der Waals surface area contributed by atoms with Crippen molar-refractivity contribution in [1.29, 1.82) is 0 Å². The number of nitrogens with zero attached hydrogens (tertiary/aromatic N) is 2. The maximum atomic E-state index is 13.9. The molecule has 2 amide bonds. The average Bonchev–Trinajstić information content (AvgIpc) is 2.89. The predicted molar refractivity (Wildman–Crippen MR) is 152 cm³/mol. The number of benzene rings is 3. The highest BCUT2D eigenvalue weighted by molar-refractivity contribution is 7.92. The van der Waals surface area contributed by atoms with E-state index in [1.54, 1.807) is 49.4 Å². The van der Waals surface area contributed by atoms with Crippen molar-refractivity contribution in [2.24, 2.45) is 0 Å². The van der Waals surface area contributed by atoms with Crippen molar-refractivity contribution in [3.05, 3.63) is 92.9 Å².